The first-order chi connectivity index (χ1) is 20.5. The minimum atomic E-state index is -0.630. The van der Waals surface area contributed by atoms with Gasteiger partial charge in [-0.3, -0.25) is 20.1 Å². The molecule has 1 aliphatic carbocycles. The summed E-state index contributed by atoms with van der Waals surface area (Å²) in [4.78, 5) is 43.8. The van der Waals surface area contributed by atoms with E-state index in [-0.39, 0.29) is 36.4 Å². The molecule has 1 aliphatic heterocycles. The number of amides is 2. The number of carbonyl (C=O) groups is 3. The van der Waals surface area contributed by atoms with E-state index in [0.29, 0.717) is 25.9 Å². The van der Waals surface area contributed by atoms with Gasteiger partial charge in [-0.15, -0.1) is 0 Å². The molecule has 0 saturated heterocycles. The number of aromatic nitrogens is 1. The Morgan fingerprint density at radius 1 is 0.952 bits per heavy atom. The number of H-pyrrole nitrogens is 1. The SMILES string of the molecule is O=C(CCCCCCC(=O)N1CCc2c([nH]c3ccccc23)C1CN[C@H](C(=O)OC1CCCC1)c1ccccc1)NO. The van der Waals surface area contributed by atoms with Gasteiger partial charge in [-0.25, -0.2) is 10.3 Å². The second kappa shape index (κ2) is 14.5. The maximum atomic E-state index is 13.6. The van der Waals surface area contributed by atoms with Gasteiger partial charge in [-0.2, -0.15) is 0 Å². The molecule has 1 saturated carbocycles. The Labute approximate surface area is 247 Å². The molecule has 1 unspecified atom stereocenters. The molecule has 2 aromatic carbocycles. The highest BCUT2D eigenvalue weighted by Crippen LogP contribution is 2.35. The molecule has 5 rings (SSSR count). The van der Waals surface area contributed by atoms with Crippen molar-refractivity contribution in [1.82, 2.24) is 20.7 Å². The summed E-state index contributed by atoms with van der Waals surface area (Å²) in [5.74, 6) is -0.567. The monoisotopic (exact) mass is 574 g/mol. The van der Waals surface area contributed by atoms with Gasteiger partial charge in [0.2, 0.25) is 11.8 Å². The van der Waals surface area contributed by atoms with E-state index >= 15 is 0 Å². The van der Waals surface area contributed by atoms with Crippen LogP contribution in [0.25, 0.3) is 10.9 Å². The number of hydrogen-bond donors (Lipinski definition) is 4. The fourth-order valence-electron chi connectivity index (χ4n) is 6.39. The predicted molar refractivity (Wildman–Crippen MR) is 160 cm³/mol. The molecule has 1 fully saturated rings. The van der Waals surface area contributed by atoms with Crippen molar-refractivity contribution in [1.29, 1.82) is 0 Å². The molecule has 3 aromatic rings. The van der Waals surface area contributed by atoms with E-state index in [0.717, 1.165) is 68.1 Å². The highest BCUT2D eigenvalue weighted by molar-refractivity contribution is 5.86. The molecule has 9 heteroatoms. The van der Waals surface area contributed by atoms with E-state index in [2.05, 4.69) is 22.4 Å². The van der Waals surface area contributed by atoms with Gasteiger partial charge in [0.05, 0.1) is 6.04 Å². The topological polar surface area (TPSA) is 124 Å². The van der Waals surface area contributed by atoms with Crippen molar-refractivity contribution < 1.29 is 24.3 Å². The predicted octanol–water partition coefficient (Wildman–Crippen LogP) is 5.26. The lowest BCUT2D eigenvalue weighted by Gasteiger charge is -2.37. The van der Waals surface area contributed by atoms with Crippen molar-refractivity contribution in [2.24, 2.45) is 0 Å². The van der Waals surface area contributed by atoms with E-state index < -0.39 is 6.04 Å². The first kappa shape index (κ1) is 29.8. The molecule has 224 valence electrons. The molecule has 2 heterocycles. The van der Waals surface area contributed by atoms with Crippen LogP contribution in [0, 0.1) is 0 Å². The lowest BCUT2D eigenvalue weighted by molar-refractivity contribution is -0.151. The number of para-hydroxylation sites is 1. The molecular weight excluding hydrogens is 532 g/mol. The van der Waals surface area contributed by atoms with Crippen LogP contribution in [-0.2, 0) is 25.5 Å². The van der Waals surface area contributed by atoms with Crippen molar-refractivity contribution in [3.05, 3.63) is 71.4 Å². The summed E-state index contributed by atoms with van der Waals surface area (Å²) in [6.07, 6.45) is 8.48. The Hall–Kier alpha value is -3.69. The van der Waals surface area contributed by atoms with Crippen molar-refractivity contribution in [2.75, 3.05) is 13.1 Å². The highest BCUT2D eigenvalue weighted by Gasteiger charge is 2.35. The van der Waals surface area contributed by atoms with Crippen molar-refractivity contribution in [3.63, 3.8) is 0 Å². The Bertz CT molecular complexity index is 1350. The van der Waals surface area contributed by atoms with Crippen LogP contribution in [0.2, 0.25) is 0 Å². The summed E-state index contributed by atoms with van der Waals surface area (Å²) < 4.78 is 5.94. The number of ether oxygens (including phenoxy) is 1. The van der Waals surface area contributed by atoms with E-state index in [1.807, 2.05) is 47.4 Å². The number of rotatable bonds is 13. The van der Waals surface area contributed by atoms with Gasteiger partial charge in [0.1, 0.15) is 12.1 Å². The van der Waals surface area contributed by atoms with E-state index in [9.17, 15) is 14.4 Å². The quantitative estimate of drug-likeness (QED) is 0.0956. The van der Waals surface area contributed by atoms with Crippen molar-refractivity contribution >= 4 is 28.7 Å². The van der Waals surface area contributed by atoms with Gasteiger partial charge < -0.3 is 14.6 Å². The van der Waals surface area contributed by atoms with Crippen LogP contribution in [-0.4, -0.2) is 52.1 Å². The standard InChI is InChI=1S/C33H42N4O5/c38-29(36-41)18-6-1-2-7-19-30(39)37-21-20-26-25-16-10-11-17-27(25)35-32(26)28(37)22-34-31(23-12-4-3-5-13-23)33(40)42-24-14-8-9-15-24/h3-5,10-13,16-17,24,28,31,34-35,41H,1-2,6-9,14-15,18-22H2,(H,36,38)/t28?,31-/m0/s1. The van der Waals surface area contributed by atoms with E-state index in [4.69, 9.17) is 9.94 Å². The summed E-state index contributed by atoms with van der Waals surface area (Å²) in [6, 6.07) is 17.0. The molecule has 0 radical (unpaired) electrons. The Balaban J connectivity index is 1.31. The minimum absolute atomic E-state index is 0.0309. The van der Waals surface area contributed by atoms with Gasteiger partial charge in [0, 0.05) is 42.5 Å². The maximum absolute atomic E-state index is 13.6. The molecule has 0 bridgehead atoms. The smallest absolute Gasteiger partial charge is 0.328 e. The minimum Gasteiger partial charge on any atom is -0.461 e. The second-order valence-corrected chi connectivity index (χ2v) is 11.5. The Kier molecular flexibility index (Phi) is 10.3. The van der Waals surface area contributed by atoms with Crippen LogP contribution in [0.3, 0.4) is 0 Å². The number of hydrogen-bond acceptors (Lipinski definition) is 6. The van der Waals surface area contributed by atoms with Crippen molar-refractivity contribution in [3.8, 4) is 0 Å². The molecule has 2 aliphatic rings. The number of fused-ring (bicyclic) bond motifs is 3. The molecule has 4 N–H and O–H groups in total. The highest BCUT2D eigenvalue weighted by atomic mass is 16.5. The van der Waals surface area contributed by atoms with Crippen LogP contribution >= 0.6 is 0 Å². The van der Waals surface area contributed by atoms with E-state index in [1.54, 1.807) is 5.48 Å². The summed E-state index contributed by atoms with van der Waals surface area (Å²) in [7, 11) is 0. The van der Waals surface area contributed by atoms with Gasteiger partial charge in [-0.1, -0.05) is 61.4 Å². The number of aromatic amines is 1. The number of nitrogens with one attached hydrogen (secondary N) is 3. The zero-order valence-corrected chi connectivity index (χ0v) is 24.1. The van der Waals surface area contributed by atoms with Crippen LogP contribution in [0.4, 0.5) is 0 Å². The number of carbonyl (C=O) groups excluding carboxylic acids is 3. The number of hydroxylamine groups is 1. The number of nitrogens with zero attached hydrogens (tertiary/aromatic N) is 1. The lowest BCUT2D eigenvalue weighted by atomic mass is 9.96. The third-order valence-electron chi connectivity index (χ3n) is 8.62. The second-order valence-electron chi connectivity index (χ2n) is 11.5. The maximum Gasteiger partial charge on any atom is 0.328 e. The van der Waals surface area contributed by atoms with E-state index in [1.165, 1.54) is 10.9 Å². The molecular formula is C33H42N4O5. The number of benzene rings is 2. The van der Waals surface area contributed by atoms with Crippen LogP contribution in [0.15, 0.2) is 54.6 Å². The molecule has 1 aromatic heterocycles. The Morgan fingerprint density at radius 3 is 2.43 bits per heavy atom. The fourth-order valence-corrected chi connectivity index (χ4v) is 6.39. The zero-order chi connectivity index (χ0) is 29.3. The number of esters is 1. The first-order valence-electron chi connectivity index (χ1n) is 15.4. The molecule has 0 spiro atoms. The molecule has 9 nitrogen and oxygen atoms in total. The van der Waals surface area contributed by atoms with Gasteiger partial charge >= 0.3 is 5.97 Å². The van der Waals surface area contributed by atoms with Crippen LogP contribution < -0.4 is 10.8 Å². The number of unbranched alkanes of at least 4 members (excludes halogenated alkanes) is 3. The van der Waals surface area contributed by atoms with Crippen LogP contribution in [0.5, 0.6) is 0 Å². The average Bonchev–Trinajstić information content (AvgIpc) is 3.67. The molecule has 2 atom stereocenters. The van der Waals surface area contributed by atoms with Gasteiger partial charge in [0.25, 0.3) is 0 Å². The third-order valence-corrected chi connectivity index (χ3v) is 8.62. The van der Waals surface area contributed by atoms with Gasteiger partial charge in [-0.05, 0) is 62.1 Å². The zero-order valence-electron chi connectivity index (χ0n) is 24.1. The lowest BCUT2D eigenvalue weighted by Crippen LogP contribution is -2.45. The van der Waals surface area contributed by atoms with Crippen LogP contribution in [0.1, 0.15) is 93.1 Å². The summed E-state index contributed by atoms with van der Waals surface area (Å²) in [6.45, 7) is 1.01. The normalized spacial score (nSPS) is 17.6. The average molecular weight is 575 g/mol. The summed E-state index contributed by atoms with van der Waals surface area (Å²) in [5.41, 5.74) is 5.81. The Morgan fingerprint density at radius 2 is 1.67 bits per heavy atom. The molecule has 2 amide bonds. The van der Waals surface area contributed by atoms with Crippen molar-refractivity contribution in [2.45, 2.75) is 88.8 Å². The third kappa shape index (κ3) is 7.20. The fraction of sp³-hybridized carbons (Fsp3) is 0.485. The van der Waals surface area contributed by atoms with Gasteiger partial charge in [0.15, 0.2) is 0 Å². The first-order valence-corrected chi connectivity index (χ1v) is 15.4. The summed E-state index contributed by atoms with van der Waals surface area (Å²) in [5, 5.41) is 13.3. The summed E-state index contributed by atoms with van der Waals surface area (Å²) >= 11 is 0. The largest absolute Gasteiger partial charge is 0.461 e. The molecule has 42 heavy (non-hydrogen) atoms.